The summed E-state index contributed by atoms with van der Waals surface area (Å²) in [5, 5.41) is 12.4. The van der Waals surface area contributed by atoms with Crippen molar-refractivity contribution >= 4 is 5.78 Å². The van der Waals surface area contributed by atoms with Crippen molar-refractivity contribution in [2.24, 2.45) is 0 Å². The SMILES string of the molecule is CCCCn1nnc(-c2ccc(CC(=O)Cc3ccccc3C(F)(F)F)cc2)n1. The molecule has 0 aliphatic heterocycles. The normalized spacial score (nSPS) is 11.6. The third-order valence-corrected chi connectivity index (χ3v) is 4.49. The Morgan fingerprint density at radius 1 is 1.03 bits per heavy atom. The molecule has 0 spiro atoms. The fourth-order valence-corrected chi connectivity index (χ4v) is 2.98. The van der Waals surface area contributed by atoms with Gasteiger partial charge in [0.15, 0.2) is 0 Å². The summed E-state index contributed by atoms with van der Waals surface area (Å²) in [5.74, 6) is 0.219. The van der Waals surface area contributed by atoms with E-state index in [1.54, 1.807) is 29.1 Å². The maximum absolute atomic E-state index is 13.1. The van der Waals surface area contributed by atoms with Crippen LogP contribution in [-0.4, -0.2) is 26.0 Å². The summed E-state index contributed by atoms with van der Waals surface area (Å²) in [4.78, 5) is 13.9. The van der Waals surface area contributed by atoms with Crippen LogP contribution >= 0.6 is 0 Å². The number of carbonyl (C=O) groups is 1. The average molecular weight is 402 g/mol. The molecule has 3 aromatic rings. The predicted octanol–water partition coefficient (Wildman–Crippen LogP) is 4.51. The van der Waals surface area contributed by atoms with Crippen LogP contribution < -0.4 is 0 Å². The number of aryl methyl sites for hydroxylation is 1. The molecule has 3 rings (SSSR count). The molecule has 8 heteroatoms. The Bertz CT molecular complexity index is 965. The first-order valence-electron chi connectivity index (χ1n) is 9.40. The predicted molar refractivity (Wildman–Crippen MR) is 102 cm³/mol. The standard InChI is InChI=1S/C21H21F3N4O/c1-2-3-12-28-26-20(25-27-28)16-10-8-15(9-11-16)13-18(29)14-17-6-4-5-7-19(17)21(22,23)24/h4-11H,2-3,12-14H2,1H3. The van der Waals surface area contributed by atoms with E-state index in [1.165, 1.54) is 18.2 Å². The van der Waals surface area contributed by atoms with Gasteiger partial charge in [0.05, 0.1) is 12.1 Å². The summed E-state index contributed by atoms with van der Waals surface area (Å²) in [6, 6.07) is 12.3. The Morgan fingerprint density at radius 2 is 1.76 bits per heavy atom. The van der Waals surface area contributed by atoms with Crippen molar-refractivity contribution in [2.45, 2.75) is 45.3 Å². The van der Waals surface area contributed by atoms with Crippen LogP contribution in [0.2, 0.25) is 0 Å². The lowest BCUT2D eigenvalue weighted by Gasteiger charge is -2.12. The van der Waals surface area contributed by atoms with Crippen molar-refractivity contribution < 1.29 is 18.0 Å². The number of halogens is 3. The molecule has 0 aliphatic carbocycles. The van der Waals surface area contributed by atoms with Crippen LogP contribution in [0.15, 0.2) is 48.5 Å². The molecule has 2 aromatic carbocycles. The van der Waals surface area contributed by atoms with Gasteiger partial charge in [-0.1, -0.05) is 55.8 Å². The molecule has 0 amide bonds. The van der Waals surface area contributed by atoms with Gasteiger partial charge in [-0.3, -0.25) is 4.79 Å². The van der Waals surface area contributed by atoms with Gasteiger partial charge in [-0.2, -0.15) is 18.0 Å². The van der Waals surface area contributed by atoms with Crippen LogP contribution in [0.25, 0.3) is 11.4 Å². The molecule has 0 bridgehead atoms. The summed E-state index contributed by atoms with van der Waals surface area (Å²) < 4.78 is 39.2. The van der Waals surface area contributed by atoms with Crippen LogP contribution in [-0.2, 0) is 30.4 Å². The van der Waals surface area contributed by atoms with E-state index in [0.29, 0.717) is 12.4 Å². The summed E-state index contributed by atoms with van der Waals surface area (Å²) in [6.45, 7) is 2.79. The van der Waals surface area contributed by atoms with Gasteiger partial charge in [0, 0.05) is 18.4 Å². The minimum absolute atomic E-state index is 0.00508. The number of Topliss-reactive ketones (excluding diaryl/α,β-unsaturated/α-hetero) is 1. The highest BCUT2D eigenvalue weighted by atomic mass is 19.4. The minimum Gasteiger partial charge on any atom is -0.299 e. The van der Waals surface area contributed by atoms with Gasteiger partial charge in [0.25, 0.3) is 0 Å². The smallest absolute Gasteiger partial charge is 0.299 e. The van der Waals surface area contributed by atoms with Crippen LogP contribution in [0.1, 0.15) is 36.5 Å². The number of alkyl halides is 3. The van der Waals surface area contributed by atoms with Gasteiger partial charge in [-0.05, 0) is 28.8 Å². The Labute approximate surface area is 166 Å². The number of carbonyl (C=O) groups excluding carboxylic acids is 1. The number of tetrazole rings is 1. The van der Waals surface area contributed by atoms with Crippen molar-refractivity contribution in [1.82, 2.24) is 20.2 Å². The van der Waals surface area contributed by atoms with Gasteiger partial charge in [0.2, 0.25) is 5.82 Å². The monoisotopic (exact) mass is 402 g/mol. The number of unbranched alkanes of at least 4 members (excludes halogenated alkanes) is 1. The zero-order valence-corrected chi connectivity index (χ0v) is 16.0. The molecule has 0 unspecified atom stereocenters. The van der Waals surface area contributed by atoms with Crippen molar-refractivity contribution in [3.05, 3.63) is 65.2 Å². The summed E-state index contributed by atoms with van der Waals surface area (Å²) in [6.07, 6.45) is -2.67. The van der Waals surface area contributed by atoms with Gasteiger partial charge >= 0.3 is 6.18 Å². The highest BCUT2D eigenvalue weighted by Crippen LogP contribution is 2.32. The molecule has 0 N–H and O–H groups in total. The largest absolute Gasteiger partial charge is 0.416 e. The first-order valence-corrected chi connectivity index (χ1v) is 9.40. The molecule has 0 fully saturated rings. The lowest BCUT2D eigenvalue weighted by molar-refractivity contribution is -0.138. The fraction of sp³-hybridized carbons (Fsp3) is 0.333. The third-order valence-electron chi connectivity index (χ3n) is 4.49. The molecule has 0 atom stereocenters. The quantitative estimate of drug-likeness (QED) is 0.556. The molecule has 29 heavy (non-hydrogen) atoms. The first kappa shape index (κ1) is 20.7. The number of rotatable bonds is 8. The van der Waals surface area contributed by atoms with Crippen LogP contribution in [0.3, 0.4) is 0 Å². The van der Waals surface area contributed by atoms with Crippen molar-refractivity contribution in [3.8, 4) is 11.4 Å². The van der Waals surface area contributed by atoms with Crippen LogP contribution in [0, 0.1) is 0 Å². The summed E-state index contributed by atoms with van der Waals surface area (Å²) >= 11 is 0. The number of nitrogens with zero attached hydrogens (tertiary/aromatic N) is 4. The third kappa shape index (κ3) is 5.49. The molecule has 0 radical (unpaired) electrons. The Morgan fingerprint density at radius 3 is 2.45 bits per heavy atom. The fourth-order valence-electron chi connectivity index (χ4n) is 2.98. The molecule has 1 heterocycles. The topological polar surface area (TPSA) is 60.7 Å². The second kappa shape index (κ2) is 8.98. The van der Waals surface area contributed by atoms with Gasteiger partial charge < -0.3 is 0 Å². The van der Waals surface area contributed by atoms with E-state index in [4.69, 9.17) is 0 Å². The van der Waals surface area contributed by atoms with E-state index in [0.717, 1.165) is 30.0 Å². The number of benzene rings is 2. The first-order chi connectivity index (χ1) is 13.9. The minimum atomic E-state index is -4.47. The van der Waals surface area contributed by atoms with E-state index in [9.17, 15) is 18.0 Å². The number of ketones is 1. The van der Waals surface area contributed by atoms with Gasteiger partial charge in [0.1, 0.15) is 5.78 Å². The number of aromatic nitrogens is 4. The summed E-state index contributed by atoms with van der Waals surface area (Å²) in [7, 11) is 0. The molecule has 0 aliphatic rings. The second-order valence-electron chi connectivity index (χ2n) is 6.81. The Hall–Kier alpha value is -3.03. The molecular weight excluding hydrogens is 381 g/mol. The van der Waals surface area contributed by atoms with E-state index in [1.807, 2.05) is 0 Å². The summed E-state index contributed by atoms with van der Waals surface area (Å²) in [5.41, 5.74) is 0.725. The zero-order valence-electron chi connectivity index (χ0n) is 16.0. The second-order valence-corrected chi connectivity index (χ2v) is 6.81. The zero-order chi connectivity index (χ0) is 20.9. The van der Waals surface area contributed by atoms with E-state index < -0.39 is 11.7 Å². The van der Waals surface area contributed by atoms with Crippen LogP contribution in [0.4, 0.5) is 13.2 Å². The van der Waals surface area contributed by atoms with Crippen molar-refractivity contribution in [2.75, 3.05) is 0 Å². The lowest BCUT2D eigenvalue weighted by atomic mass is 9.98. The van der Waals surface area contributed by atoms with E-state index in [2.05, 4.69) is 22.3 Å². The Kier molecular flexibility index (Phi) is 6.41. The lowest BCUT2D eigenvalue weighted by Crippen LogP contribution is -2.13. The van der Waals surface area contributed by atoms with Crippen LogP contribution in [0.5, 0.6) is 0 Å². The molecule has 1 aromatic heterocycles. The maximum Gasteiger partial charge on any atom is 0.416 e. The van der Waals surface area contributed by atoms with Crippen molar-refractivity contribution in [3.63, 3.8) is 0 Å². The molecule has 0 saturated carbocycles. The number of hydrogen-bond acceptors (Lipinski definition) is 4. The average Bonchev–Trinajstić information content (AvgIpc) is 3.15. The highest BCUT2D eigenvalue weighted by molar-refractivity contribution is 5.83. The van der Waals surface area contributed by atoms with Crippen molar-refractivity contribution in [1.29, 1.82) is 0 Å². The van der Waals surface area contributed by atoms with Gasteiger partial charge in [-0.25, -0.2) is 0 Å². The van der Waals surface area contributed by atoms with E-state index in [-0.39, 0.29) is 24.2 Å². The molecule has 152 valence electrons. The Balaban J connectivity index is 1.64. The molecule has 5 nitrogen and oxygen atoms in total. The highest BCUT2D eigenvalue weighted by Gasteiger charge is 2.33. The van der Waals surface area contributed by atoms with Gasteiger partial charge in [-0.15, -0.1) is 10.2 Å². The number of hydrogen-bond donors (Lipinski definition) is 0. The maximum atomic E-state index is 13.1. The molecular formula is C21H21F3N4O. The van der Waals surface area contributed by atoms with E-state index >= 15 is 0 Å². The molecule has 0 saturated heterocycles.